The van der Waals surface area contributed by atoms with E-state index in [4.69, 9.17) is 9.15 Å². The monoisotopic (exact) mass is 675 g/mol. The zero-order chi connectivity index (χ0) is 34.4. The summed E-state index contributed by atoms with van der Waals surface area (Å²) in [5.41, 5.74) is 7.17. The maximum Gasteiger partial charge on any atom is 0.255 e. The molecule has 0 saturated carbocycles. The lowest BCUT2D eigenvalue weighted by atomic mass is 9.94. The number of furan rings is 1. The number of amides is 1. The van der Waals surface area contributed by atoms with Crippen LogP contribution < -0.4 is 19.3 Å². The highest BCUT2D eigenvalue weighted by Crippen LogP contribution is 2.47. The molecule has 8 nitrogen and oxygen atoms in total. The number of sulfonamides is 1. The van der Waals surface area contributed by atoms with Crippen LogP contribution in [0.3, 0.4) is 0 Å². The molecule has 0 fully saturated rings. The van der Waals surface area contributed by atoms with Gasteiger partial charge in [-0.1, -0.05) is 42.5 Å². The molecule has 0 aliphatic carbocycles. The van der Waals surface area contributed by atoms with Gasteiger partial charge in [0.25, 0.3) is 5.91 Å². The summed E-state index contributed by atoms with van der Waals surface area (Å²) >= 11 is 0. The molecule has 10 heteroatoms. The SMILES string of the molecule is CNC(=O)c1c(-c2ccc(F)cc2)oc2cc(N(C)S(C)(=O)=O)c(-c3cccc(C4Cc5ccccc5N4c4cccc(OC)c4)c3)cc12. The van der Waals surface area contributed by atoms with Gasteiger partial charge in [0, 0.05) is 54.1 Å². The van der Waals surface area contributed by atoms with E-state index in [0.717, 1.165) is 40.9 Å². The number of carbonyl (C=O) groups excluding carboxylic acids is 1. The number of hydrogen-bond donors (Lipinski definition) is 1. The minimum absolute atomic E-state index is 0.0651. The van der Waals surface area contributed by atoms with E-state index in [9.17, 15) is 17.6 Å². The normalized spacial score (nSPS) is 14.1. The zero-order valence-corrected chi connectivity index (χ0v) is 28.2. The van der Waals surface area contributed by atoms with Crippen molar-refractivity contribution in [2.75, 3.05) is 36.7 Å². The molecule has 1 amide bonds. The van der Waals surface area contributed by atoms with Crippen molar-refractivity contribution in [2.45, 2.75) is 12.5 Å². The molecule has 49 heavy (non-hydrogen) atoms. The summed E-state index contributed by atoms with van der Waals surface area (Å²) in [6.45, 7) is 0. The lowest BCUT2D eigenvalue weighted by Crippen LogP contribution is -2.25. The first kappa shape index (κ1) is 32.0. The van der Waals surface area contributed by atoms with Crippen molar-refractivity contribution < 1.29 is 26.8 Å². The number of para-hydroxylation sites is 1. The summed E-state index contributed by atoms with van der Waals surface area (Å²) in [5.74, 6) is 0.199. The minimum atomic E-state index is -3.70. The number of halogens is 1. The maximum atomic E-state index is 13.8. The van der Waals surface area contributed by atoms with Gasteiger partial charge in [0.15, 0.2) is 0 Å². The van der Waals surface area contributed by atoms with Gasteiger partial charge in [-0.25, -0.2) is 12.8 Å². The van der Waals surface area contributed by atoms with Gasteiger partial charge in [-0.3, -0.25) is 9.10 Å². The Kier molecular flexibility index (Phi) is 8.12. The minimum Gasteiger partial charge on any atom is -0.497 e. The summed E-state index contributed by atoms with van der Waals surface area (Å²) in [7, 11) is 0.971. The fourth-order valence-electron chi connectivity index (χ4n) is 6.60. The number of nitrogens with zero attached hydrogens (tertiary/aromatic N) is 2. The first-order valence-corrected chi connectivity index (χ1v) is 17.6. The second kappa shape index (κ2) is 12.4. The molecular weight excluding hydrogens is 642 g/mol. The lowest BCUT2D eigenvalue weighted by Gasteiger charge is -2.29. The Morgan fingerprint density at radius 2 is 1.69 bits per heavy atom. The summed E-state index contributed by atoms with van der Waals surface area (Å²) in [5, 5.41) is 3.19. The highest BCUT2D eigenvalue weighted by atomic mass is 32.2. The van der Waals surface area contributed by atoms with E-state index < -0.39 is 15.8 Å². The molecule has 7 rings (SSSR count). The van der Waals surface area contributed by atoms with Crippen LogP contribution in [0, 0.1) is 5.82 Å². The van der Waals surface area contributed by atoms with Gasteiger partial charge in [0.2, 0.25) is 10.0 Å². The molecule has 1 aliphatic heterocycles. The van der Waals surface area contributed by atoms with Crippen molar-refractivity contribution in [1.82, 2.24) is 5.32 Å². The van der Waals surface area contributed by atoms with E-state index in [2.05, 4.69) is 40.5 Å². The van der Waals surface area contributed by atoms with Gasteiger partial charge in [0.05, 0.1) is 30.7 Å². The predicted octanol–water partition coefficient (Wildman–Crippen LogP) is 8.11. The van der Waals surface area contributed by atoms with Crippen molar-refractivity contribution in [3.63, 3.8) is 0 Å². The number of methoxy groups -OCH3 is 1. The first-order chi connectivity index (χ1) is 23.6. The topological polar surface area (TPSA) is 92.1 Å². The fourth-order valence-corrected chi connectivity index (χ4v) is 7.11. The lowest BCUT2D eigenvalue weighted by molar-refractivity contribution is 0.0964. The molecule has 0 bridgehead atoms. The Hall–Kier alpha value is -5.61. The molecule has 248 valence electrons. The van der Waals surface area contributed by atoms with Crippen LogP contribution in [-0.4, -0.2) is 41.8 Å². The molecule has 0 radical (unpaired) electrons. The van der Waals surface area contributed by atoms with Crippen molar-refractivity contribution >= 4 is 44.0 Å². The molecule has 5 aromatic carbocycles. The van der Waals surface area contributed by atoms with Crippen molar-refractivity contribution in [3.05, 3.63) is 132 Å². The molecule has 1 unspecified atom stereocenters. The van der Waals surface area contributed by atoms with Crippen molar-refractivity contribution in [1.29, 1.82) is 0 Å². The highest BCUT2D eigenvalue weighted by molar-refractivity contribution is 7.92. The fraction of sp³-hybridized carbons (Fsp3) is 0.154. The molecular formula is C39H34FN3O5S. The maximum absolute atomic E-state index is 13.8. The van der Waals surface area contributed by atoms with E-state index in [1.807, 2.05) is 42.5 Å². The molecule has 1 N–H and O–H groups in total. The van der Waals surface area contributed by atoms with Gasteiger partial charge < -0.3 is 19.4 Å². The number of nitrogens with one attached hydrogen (secondary N) is 1. The van der Waals surface area contributed by atoms with E-state index in [1.54, 1.807) is 31.4 Å². The molecule has 0 spiro atoms. The summed E-state index contributed by atoms with van der Waals surface area (Å²) in [4.78, 5) is 15.7. The van der Waals surface area contributed by atoms with Gasteiger partial charge >= 0.3 is 0 Å². The third kappa shape index (κ3) is 5.78. The Morgan fingerprint density at radius 1 is 0.939 bits per heavy atom. The summed E-state index contributed by atoms with van der Waals surface area (Å²) in [6.07, 6.45) is 1.90. The Bertz CT molecular complexity index is 2340. The van der Waals surface area contributed by atoms with Crippen LogP contribution in [0.1, 0.15) is 27.5 Å². The van der Waals surface area contributed by atoms with Crippen molar-refractivity contribution in [3.8, 4) is 28.2 Å². The van der Waals surface area contributed by atoms with E-state index in [0.29, 0.717) is 27.8 Å². The first-order valence-electron chi connectivity index (χ1n) is 15.7. The molecule has 1 aliphatic rings. The Balaban J connectivity index is 1.42. The second-order valence-electron chi connectivity index (χ2n) is 12.0. The molecule has 0 saturated heterocycles. The van der Waals surface area contributed by atoms with E-state index in [1.165, 1.54) is 36.1 Å². The van der Waals surface area contributed by atoms with Gasteiger partial charge in [0.1, 0.15) is 22.9 Å². The zero-order valence-electron chi connectivity index (χ0n) is 27.4. The molecule has 1 aromatic heterocycles. The number of fused-ring (bicyclic) bond motifs is 2. The second-order valence-corrected chi connectivity index (χ2v) is 14.0. The largest absolute Gasteiger partial charge is 0.497 e. The van der Waals surface area contributed by atoms with Gasteiger partial charge in [-0.15, -0.1) is 0 Å². The molecule has 6 aromatic rings. The Labute approximate surface area is 284 Å². The highest BCUT2D eigenvalue weighted by Gasteiger charge is 2.32. The smallest absolute Gasteiger partial charge is 0.255 e. The van der Waals surface area contributed by atoms with Crippen molar-refractivity contribution in [2.24, 2.45) is 0 Å². The van der Waals surface area contributed by atoms with Gasteiger partial charge in [-0.2, -0.15) is 0 Å². The summed E-state index contributed by atoms with van der Waals surface area (Å²) in [6, 6.07) is 33.4. The Morgan fingerprint density at radius 3 is 2.43 bits per heavy atom. The van der Waals surface area contributed by atoms with E-state index >= 15 is 0 Å². The average molecular weight is 676 g/mol. The van der Waals surface area contributed by atoms with Crippen LogP contribution in [0.2, 0.25) is 0 Å². The number of hydrogen-bond acceptors (Lipinski definition) is 6. The number of carbonyl (C=O) groups is 1. The predicted molar refractivity (Wildman–Crippen MR) is 192 cm³/mol. The number of anilines is 3. The van der Waals surface area contributed by atoms with E-state index in [-0.39, 0.29) is 23.3 Å². The quantitative estimate of drug-likeness (QED) is 0.175. The number of rotatable bonds is 8. The number of benzene rings is 5. The van der Waals surface area contributed by atoms with Crippen LogP contribution in [-0.2, 0) is 16.4 Å². The molecule has 2 heterocycles. The third-order valence-electron chi connectivity index (χ3n) is 9.09. The standard InChI is InChI=1S/C39H34FN3O5S/c1-41-39(44)37-32-22-31(35(42(2)49(4,45)46)23-36(32)48-38(37)24-15-17-28(40)18-16-24)25-10-7-11-26(19-25)34-20-27-9-5-6-14-33(27)43(34)29-12-8-13-30(21-29)47-3/h5-19,21-23,34H,20H2,1-4H3,(H,41,44). The van der Waals surface area contributed by atoms with Crippen LogP contribution >= 0.6 is 0 Å². The van der Waals surface area contributed by atoms with Gasteiger partial charge in [-0.05, 0) is 77.7 Å². The van der Waals surface area contributed by atoms with Crippen LogP contribution in [0.25, 0.3) is 33.4 Å². The van der Waals surface area contributed by atoms with Crippen LogP contribution in [0.4, 0.5) is 21.5 Å². The molecule has 1 atom stereocenters. The summed E-state index contributed by atoms with van der Waals surface area (Å²) < 4.78 is 52.8. The average Bonchev–Trinajstić information content (AvgIpc) is 3.69. The van der Waals surface area contributed by atoms with Crippen LogP contribution in [0.5, 0.6) is 5.75 Å². The number of ether oxygens (including phenoxy) is 1. The van der Waals surface area contributed by atoms with Crippen LogP contribution in [0.15, 0.2) is 114 Å². The third-order valence-corrected chi connectivity index (χ3v) is 10.3.